The van der Waals surface area contributed by atoms with Gasteiger partial charge in [0.25, 0.3) is 0 Å². The van der Waals surface area contributed by atoms with Gasteiger partial charge in [-0.1, -0.05) is 86.8 Å². The van der Waals surface area contributed by atoms with Gasteiger partial charge in [-0.25, -0.2) is 4.79 Å². The minimum Gasteiger partial charge on any atom is -0.462 e. The molecule has 3 heteroatoms. The van der Waals surface area contributed by atoms with Crippen LogP contribution >= 0.6 is 0 Å². The molecule has 0 radical (unpaired) electrons. The Morgan fingerprint density at radius 1 is 0.846 bits per heavy atom. The lowest BCUT2D eigenvalue weighted by Gasteiger charge is -2.15. The second-order valence-corrected chi connectivity index (χ2v) is 6.22. The van der Waals surface area contributed by atoms with Crippen molar-refractivity contribution in [1.29, 1.82) is 0 Å². The Labute approximate surface area is 156 Å². The van der Waals surface area contributed by atoms with E-state index in [9.17, 15) is 4.79 Å². The van der Waals surface area contributed by atoms with Crippen molar-refractivity contribution in [2.24, 2.45) is 0 Å². The smallest absolute Gasteiger partial charge is 0.337 e. The summed E-state index contributed by atoms with van der Waals surface area (Å²) in [5, 5.41) is 0. The molecule has 0 aromatic heterocycles. The fraction of sp³-hybridized carbons (Fsp3) is 0.348. The Hall–Kier alpha value is -2.39. The van der Waals surface area contributed by atoms with E-state index >= 15 is 0 Å². The second kappa shape index (κ2) is 11.3. The summed E-state index contributed by atoms with van der Waals surface area (Å²) in [6, 6.07) is 19.8. The highest BCUT2D eigenvalue weighted by atomic mass is 16.5. The van der Waals surface area contributed by atoms with Crippen LogP contribution in [-0.2, 0) is 14.3 Å². The zero-order chi connectivity index (χ0) is 18.6. The van der Waals surface area contributed by atoms with E-state index in [1.54, 1.807) is 7.11 Å². The van der Waals surface area contributed by atoms with E-state index in [1.807, 2.05) is 60.7 Å². The number of unbranched alkanes of at least 4 members (excludes halogenated alkanes) is 3. The normalized spacial score (nSPS) is 10.4. The maximum absolute atomic E-state index is 12.8. The fourth-order valence-corrected chi connectivity index (χ4v) is 2.88. The zero-order valence-electron chi connectivity index (χ0n) is 15.7. The van der Waals surface area contributed by atoms with E-state index in [0.717, 1.165) is 42.4 Å². The average molecular weight is 352 g/mol. The quantitative estimate of drug-likeness (QED) is 0.332. The lowest BCUT2D eigenvalue weighted by molar-refractivity contribution is -0.139. The standard InChI is InChI=1S/C23H28O3/c1-3-4-5-12-17-26-23(24)21(18-25-2)22(19-13-8-6-9-14-19)20-15-10-7-11-16-20/h6-11,13-16H,3-5,12,17-18H2,1-2H3. The first-order valence-electron chi connectivity index (χ1n) is 9.28. The summed E-state index contributed by atoms with van der Waals surface area (Å²) >= 11 is 0. The first kappa shape index (κ1) is 19.9. The van der Waals surface area contributed by atoms with Crippen LogP contribution in [0.5, 0.6) is 0 Å². The third kappa shape index (κ3) is 5.85. The molecule has 2 rings (SSSR count). The van der Waals surface area contributed by atoms with Gasteiger partial charge in [-0.2, -0.15) is 0 Å². The molecule has 0 atom stereocenters. The van der Waals surface area contributed by atoms with Gasteiger partial charge in [0.2, 0.25) is 0 Å². The molecule has 0 saturated heterocycles. The molecule has 138 valence electrons. The van der Waals surface area contributed by atoms with Crippen LogP contribution < -0.4 is 0 Å². The van der Waals surface area contributed by atoms with Crippen LogP contribution in [0.15, 0.2) is 66.2 Å². The molecule has 0 bridgehead atoms. The van der Waals surface area contributed by atoms with Gasteiger partial charge < -0.3 is 9.47 Å². The Balaban J connectivity index is 2.33. The molecule has 26 heavy (non-hydrogen) atoms. The average Bonchev–Trinajstić information content (AvgIpc) is 2.69. The van der Waals surface area contributed by atoms with Crippen molar-refractivity contribution in [1.82, 2.24) is 0 Å². The number of rotatable bonds is 10. The van der Waals surface area contributed by atoms with Gasteiger partial charge in [0.05, 0.1) is 18.8 Å². The summed E-state index contributed by atoms with van der Waals surface area (Å²) in [7, 11) is 1.60. The molecule has 3 nitrogen and oxygen atoms in total. The van der Waals surface area contributed by atoms with Gasteiger partial charge in [-0.3, -0.25) is 0 Å². The second-order valence-electron chi connectivity index (χ2n) is 6.22. The number of methoxy groups -OCH3 is 1. The van der Waals surface area contributed by atoms with E-state index in [0.29, 0.717) is 12.2 Å². The Bertz CT molecular complexity index is 648. The van der Waals surface area contributed by atoms with Crippen LogP contribution in [-0.4, -0.2) is 26.3 Å². The lowest BCUT2D eigenvalue weighted by atomic mass is 9.93. The first-order valence-corrected chi connectivity index (χ1v) is 9.28. The topological polar surface area (TPSA) is 35.5 Å². The highest BCUT2D eigenvalue weighted by Crippen LogP contribution is 2.28. The number of hydrogen-bond acceptors (Lipinski definition) is 3. The molecule has 0 aliphatic rings. The SMILES string of the molecule is CCCCCCOC(=O)C(COC)=C(c1ccccc1)c1ccccc1. The van der Waals surface area contributed by atoms with Crippen LogP contribution in [0.1, 0.15) is 43.7 Å². The van der Waals surface area contributed by atoms with Crippen LogP contribution in [0.4, 0.5) is 0 Å². The maximum atomic E-state index is 12.8. The Morgan fingerprint density at radius 3 is 1.92 bits per heavy atom. The maximum Gasteiger partial charge on any atom is 0.337 e. The van der Waals surface area contributed by atoms with Gasteiger partial charge in [0, 0.05) is 12.7 Å². The molecule has 0 amide bonds. The molecule has 0 spiro atoms. The molecule has 0 saturated carbocycles. The van der Waals surface area contributed by atoms with Crippen molar-refractivity contribution < 1.29 is 14.3 Å². The van der Waals surface area contributed by atoms with Gasteiger partial charge in [0.15, 0.2) is 0 Å². The molecule has 2 aromatic carbocycles. The summed E-state index contributed by atoms with van der Waals surface area (Å²) in [5.41, 5.74) is 3.38. The third-order valence-electron chi connectivity index (χ3n) is 4.19. The van der Waals surface area contributed by atoms with Crippen molar-refractivity contribution in [3.8, 4) is 0 Å². The van der Waals surface area contributed by atoms with Gasteiger partial charge >= 0.3 is 5.97 Å². The minimum atomic E-state index is -0.300. The number of carbonyl (C=O) groups is 1. The van der Waals surface area contributed by atoms with Gasteiger partial charge in [0.1, 0.15) is 0 Å². The van der Waals surface area contributed by atoms with Crippen molar-refractivity contribution in [3.05, 3.63) is 77.4 Å². The minimum absolute atomic E-state index is 0.215. The third-order valence-corrected chi connectivity index (χ3v) is 4.19. The molecular formula is C23H28O3. The molecule has 0 aliphatic heterocycles. The summed E-state index contributed by atoms with van der Waals surface area (Å²) in [6.45, 7) is 2.83. The van der Waals surface area contributed by atoms with E-state index in [1.165, 1.54) is 0 Å². The van der Waals surface area contributed by atoms with Crippen molar-refractivity contribution >= 4 is 11.5 Å². The van der Waals surface area contributed by atoms with Crippen molar-refractivity contribution in [3.63, 3.8) is 0 Å². The van der Waals surface area contributed by atoms with Gasteiger partial charge in [-0.05, 0) is 17.5 Å². The van der Waals surface area contributed by atoms with Gasteiger partial charge in [-0.15, -0.1) is 0 Å². The number of carbonyl (C=O) groups excluding carboxylic acids is 1. The molecule has 0 fully saturated rings. The molecular weight excluding hydrogens is 324 g/mol. The fourth-order valence-electron chi connectivity index (χ4n) is 2.88. The zero-order valence-corrected chi connectivity index (χ0v) is 15.7. The van der Waals surface area contributed by atoms with Crippen LogP contribution in [0.2, 0.25) is 0 Å². The van der Waals surface area contributed by atoms with Crippen molar-refractivity contribution in [2.45, 2.75) is 32.6 Å². The highest BCUT2D eigenvalue weighted by molar-refractivity contribution is 6.02. The monoisotopic (exact) mass is 352 g/mol. The predicted molar refractivity (Wildman–Crippen MR) is 106 cm³/mol. The number of hydrogen-bond donors (Lipinski definition) is 0. The number of ether oxygens (including phenoxy) is 2. The largest absolute Gasteiger partial charge is 0.462 e. The van der Waals surface area contributed by atoms with E-state index in [-0.39, 0.29) is 12.6 Å². The van der Waals surface area contributed by atoms with Crippen LogP contribution in [0.25, 0.3) is 5.57 Å². The highest BCUT2D eigenvalue weighted by Gasteiger charge is 2.19. The van der Waals surface area contributed by atoms with Crippen LogP contribution in [0, 0.1) is 0 Å². The Morgan fingerprint density at radius 2 is 1.42 bits per heavy atom. The Kier molecular flexibility index (Phi) is 8.64. The molecule has 2 aromatic rings. The van der Waals surface area contributed by atoms with E-state index < -0.39 is 0 Å². The van der Waals surface area contributed by atoms with Crippen molar-refractivity contribution in [2.75, 3.05) is 20.3 Å². The first-order chi connectivity index (χ1) is 12.8. The van der Waals surface area contributed by atoms with E-state index in [4.69, 9.17) is 9.47 Å². The molecule has 0 aliphatic carbocycles. The molecule has 0 N–H and O–H groups in total. The van der Waals surface area contributed by atoms with Crippen LogP contribution in [0.3, 0.4) is 0 Å². The van der Waals surface area contributed by atoms with E-state index in [2.05, 4.69) is 6.92 Å². The summed E-state index contributed by atoms with van der Waals surface area (Å²) in [4.78, 5) is 12.8. The molecule has 0 heterocycles. The lowest BCUT2D eigenvalue weighted by Crippen LogP contribution is -2.15. The summed E-state index contributed by atoms with van der Waals surface area (Å²) in [6.07, 6.45) is 4.30. The number of esters is 1. The summed E-state index contributed by atoms with van der Waals surface area (Å²) < 4.78 is 10.9. The summed E-state index contributed by atoms with van der Waals surface area (Å²) in [5.74, 6) is -0.300. The molecule has 0 unspecified atom stereocenters. The number of benzene rings is 2. The predicted octanol–water partition coefficient (Wildman–Crippen LogP) is 5.26.